The summed E-state index contributed by atoms with van der Waals surface area (Å²) in [6.45, 7) is 0.523. The number of aromatic nitrogens is 2. The number of anilines is 1. The van der Waals surface area contributed by atoms with Gasteiger partial charge in [0.15, 0.2) is 11.5 Å². The van der Waals surface area contributed by atoms with Crippen LogP contribution in [0.15, 0.2) is 29.3 Å². The first-order valence-electron chi connectivity index (χ1n) is 7.28. The fourth-order valence-electron chi connectivity index (χ4n) is 2.63. The standard InChI is InChI=1S/C15H18N4O4S/c1-22-13-4-3-11(7-14(13)23-2)24(20,21)19-6-5-10-8-17-15(16)18-12(10)9-19/h3-4,7-8H,5-6,9H2,1-2H3,(H2,16,17,18). The van der Waals surface area contributed by atoms with Crippen LogP contribution < -0.4 is 15.2 Å². The molecule has 1 aromatic heterocycles. The molecule has 0 aliphatic carbocycles. The SMILES string of the molecule is COc1ccc(S(=O)(=O)N2CCc3cnc(N)nc3C2)cc1OC. The molecule has 8 nitrogen and oxygen atoms in total. The van der Waals surface area contributed by atoms with Gasteiger partial charge in [-0.1, -0.05) is 0 Å². The van der Waals surface area contributed by atoms with Crippen molar-refractivity contribution in [2.75, 3.05) is 26.5 Å². The first-order valence-corrected chi connectivity index (χ1v) is 8.72. The molecule has 0 bridgehead atoms. The summed E-state index contributed by atoms with van der Waals surface area (Å²) in [5.41, 5.74) is 7.15. The Balaban J connectivity index is 1.94. The average Bonchev–Trinajstić information content (AvgIpc) is 2.60. The number of benzene rings is 1. The number of nitrogen functional groups attached to an aromatic ring is 1. The smallest absolute Gasteiger partial charge is 0.243 e. The van der Waals surface area contributed by atoms with E-state index in [2.05, 4.69) is 9.97 Å². The van der Waals surface area contributed by atoms with Crippen molar-refractivity contribution in [3.63, 3.8) is 0 Å². The maximum Gasteiger partial charge on any atom is 0.243 e. The molecule has 0 fully saturated rings. The summed E-state index contributed by atoms with van der Waals surface area (Å²) >= 11 is 0. The summed E-state index contributed by atoms with van der Waals surface area (Å²) < 4.78 is 37.5. The molecule has 2 N–H and O–H groups in total. The number of hydrogen-bond donors (Lipinski definition) is 1. The molecular weight excluding hydrogens is 332 g/mol. The number of methoxy groups -OCH3 is 2. The van der Waals surface area contributed by atoms with Gasteiger partial charge in [0.05, 0.1) is 31.4 Å². The van der Waals surface area contributed by atoms with Crippen LogP contribution in [0.25, 0.3) is 0 Å². The molecule has 0 spiro atoms. The van der Waals surface area contributed by atoms with E-state index in [1.165, 1.54) is 30.7 Å². The molecule has 1 aliphatic rings. The van der Waals surface area contributed by atoms with E-state index < -0.39 is 10.0 Å². The van der Waals surface area contributed by atoms with Crippen molar-refractivity contribution in [3.05, 3.63) is 35.7 Å². The van der Waals surface area contributed by atoms with Crippen LogP contribution in [0.2, 0.25) is 0 Å². The van der Waals surface area contributed by atoms with Crippen molar-refractivity contribution in [1.82, 2.24) is 14.3 Å². The fourth-order valence-corrected chi connectivity index (χ4v) is 4.04. The van der Waals surface area contributed by atoms with Crippen LogP contribution in [0.1, 0.15) is 11.3 Å². The second kappa shape index (κ2) is 6.25. The predicted molar refractivity (Wildman–Crippen MR) is 87.3 cm³/mol. The Bertz CT molecular complexity index is 870. The Morgan fingerprint density at radius 3 is 2.67 bits per heavy atom. The predicted octanol–water partition coefficient (Wildman–Crippen LogP) is 0.823. The number of hydrogen-bond acceptors (Lipinski definition) is 7. The third kappa shape index (κ3) is 2.87. The van der Waals surface area contributed by atoms with Crippen molar-refractivity contribution >= 4 is 16.0 Å². The van der Waals surface area contributed by atoms with E-state index >= 15 is 0 Å². The first-order chi connectivity index (χ1) is 11.5. The van der Waals surface area contributed by atoms with Gasteiger partial charge < -0.3 is 15.2 Å². The summed E-state index contributed by atoms with van der Waals surface area (Å²) in [4.78, 5) is 8.24. The van der Waals surface area contributed by atoms with E-state index in [9.17, 15) is 8.42 Å². The second-order valence-corrected chi connectivity index (χ2v) is 7.24. The van der Waals surface area contributed by atoms with Gasteiger partial charge >= 0.3 is 0 Å². The topological polar surface area (TPSA) is 108 Å². The van der Waals surface area contributed by atoms with Gasteiger partial charge in [-0.3, -0.25) is 0 Å². The average molecular weight is 350 g/mol. The minimum atomic E-state index is -3.68. The van der Waals surface area contributed by atoms with Crippen LogP contribution in [-0.2, 0) is 23.0 Å². The molecule has 0 atom stereocenters. The van der Waals surface area contributed by atoms with E-state index in [1.807, 2.05) is 0 Å². The lowest BCUT2D eigenvalue weighted by molar-refractivity contribution is 0.353. The van der Waals surface area contributed by atoms with E-state index in [1.54, 1.807) is 12.3 Å². The summed E-state index contributed by atoms with van der Waals surface area (Å²) in [7, 11) is -0.718. The Morgan fingerprint density at radius 1 is 1.21 bits per heavy atom. The van der Waals surface area contributed by atoms with Crippen molar-refractivity contribution in [1.29, 1.82) is 0 Å². The van der Waals surface area contributed by atoms with Crippen molar-refractivity contribution in [2.24, 2.45) is 0 Å². The lowest BCUT2D eigenvalue weighted by Gasteiger charge is -2.27. The van der Waals surface area contributed by atoms with Crippen LogP contribution in [0.3, 0.4) is 0 Å². The highest BCUT2D eigenvalue weighted by Gasteiger charge is 2.30. The largest absolute Gasteiger partial charge is 0.493 e. The number of sulfonamides is 1. The lowest BCUT2D eigenvalue weighted by atomic mass is 10.1. The molecule has 24 heavy (non-hydrogen) atoms. The summed E-state index contributed by atoms with van der Waals surface area (Å²) in [6.07, 6.45) is 2.19. The summed E-state index contributed by atoms with van der Waals surface area (Å²) in [5.74, 6) is 0.975. The molecule has 0 radical (unpaired) electrons. The molecule has 0 saturated carbocycles. The zero-order valence-corrected chi connectivity index (χ0v) is 14.2. The van der Waals surface area contributed by atoms with Crippen LogP contribution in [0.4, 0.5) is 5.95 Å². The van der Waals surface area contributed by atoms with Gasteiger partial charge in [-0.15, -0.1) is 0 Å². The molecule has 3 rings (SSSR count). The molecule has 9 heteroatoms. The third-order valence-corrected chi connectivity index (χ3v) is 5.76. The maximum absolute atomic E-state index is 12.9. The third-order valence-electron chi connectivity index (χ3n) is 3.92. The van der Waals surface area contributed by atoms with Crippen molar-refractivity contribution in [3.8, 4) is 11.5 Å². The van der Waals surface area contributed by atoms with Gasteiger partial charge in [0.2, 0.25) is 16.0 Å². The van der Waals surface area contributed by atoms with Gasteiger partial charge in [0, 0.05) is 18.8 Å². The Hall–Kier alpha value is -2.39. The lowest BCUT2D eigenvalue weighted by Crippen LogP contribution is -2.36. The molecular formula is C15H18N4O4S. The molecule has 0 saturated heterocycles. The Labute approximate surface area is 140 Å². The summed E-state index contributed by atoms with van der Waals surface area (Å²) in [6, 6.07) is 4.53. The van der Waals surface area contributed by atoms with E-state index in [0.29, 0.717) is 30.2 Å². The van der Waals surface area contributed by atoms with Crippen LogP contribution in [0, 0.1) is 0 Å². The van der Waals surface area contributed by atoms with Crippen LogP contribution in [-0.4, -0.2) is 43.5 Å². The van der Waals surface area contributed by atoms with Gasteiger partial charge in [0.25, 0.3) is 0 Å². The minimum absolute atomic E-state index is 0.138. The Morgan fingerprint density at radius 2 is 1.96 bits per heavy atom. The van der Waals surface area contributed by atoms with Gasteiger partial charge in [-0.25, -0.2) is 18.4 Å². The first kappa shape index (κ1) is 16.5. The van der Waals surface area contributed by atoms with E-state index in [-0.39, 0.29) is 17.4 Å². The van der Waals surface area contributed by atoms with E-state index in [4.69, 9.17) is 15.2 Å². The van der Waals surface area contributed by atoms with Gasteiger partial charge in [-0.05, 0) is 24.1 Å². The molecule has 128 valence electrons. The molecule has 2 aromatic rings. The molecule has 0 unspecified atom stereocenters. The fraction of sp³-hybridized carbons (Fsp3) is 0.333. The zero-order chi connectivity index (χ0) is 17.3. The highest BCUT2D eigenvalue weighted by molar-refractivity contribution is 7.89. The highest BCUT2D eigenvalue weighted by Crippen LogP contribution is 2.32. The number of nitrogens with two attached hydrogens (primary N) is 1. The summed E-state index contributed by atoms with van der Waals surface area (Å²) in [5, 5.41) is 0. The van der Waals surface area contributed by atoms with E-state index in [0.717, 1.165) is 5.56 Å². The number of ether oxygens (including phenoxy) is 2. The zero-order valence-electron chi connectivity index (χ0n) is 13.4. The minimum Gasteiger partial charge on any atom is -0.493 e. The maximum atomic E-state index is 12.9. The number of rotatable bonds is 4. The van der Waals surface area contributed by atoms with Crippen molar-refractivity contribution < 1.29 is 17.9 Å². The van der Waals surface area contributed by atoms with Gasteiger partial charge in [0.1, 0.15) is 0 Å². The number of fused-ring (bicyclic) bond motifs is 1. The van der Waals surface area contributed by atoms with Crippen molar-refractivity contribution in [2.45, 2.75) is 17.9 Å². The van der Waals surface area contributed by atoms with Crippen LogP contribution in [0.5, 0.6) is 11.5 Å². The number of nitrogens with zero attached hydrogens (tertiary/aromatic N) is 3. The monoisotopic (exact) mass is 350 g/mol. The Kier molecular flexibility index (Phi) is 4.29. The highest BCUT2D eigenvalue weighted by atomic mass is 32.2. The molecule has 1 aliphatic heterocycles. The quantitative estimate of drug-likeness (QED) is 0.870. The molecule has 1 aromatic carbocycles. The molecule has 0 amide bonds. The van der Waals surface area contributed by atoms with Gasteiger partial charge in [-0.2, -0.15) is 4.31 Å². The second-order valence-electron chi connectivity index (χ2n) is 5.31. The van der Waals surface area contributed by atoms with Crippen LogP contribution >= 0.6 is 0 Å². The molecule has 2 heterocycles. The normalized spacial score (nSPS) is 14.9.